The number of rotatable bonds is 5. The number of hydrogen-bond donors (Lipinski definition) is 1. The molecule has 1 heterocycles. The standard InChI is InChI=1S/C19H22BrNO4/c20-13-7-9-14(10-8-13)21-18(22)16-5-1-2-6-17(16)19(23)25-12-15-4-3-11-24-15/h1-2,7-10,15-17H,3-6,11-12H2,(H,21,22)/t15-,16-,17-/m1/s1. The van der Waals surface area contributed by atoms with Crippen LogP contribution in [-0.4, -0.2) is 31.2 Å². The Morgan fingerprint density at radius 2 is 1.88 bits per heavy atom. The maximum absolute atomic E-state index is 12.6. The van der Waals surface area contributed by atoms with Crippen molar-refractivity contribution in [3.05, 3.63) is 40.9 Å². The van der Waals surface area contributed by atoms with Crippen molar-refractivity contribution in [1.29, 1.82) is 0 Å². The van der Waals surface area contributed by atoms with E-state index >= 15 is 0 Å². The van der Waals surface area contributed by atoms with Crippen molar-refractivity contribution >= 4 is 33.5 Å². The minimum atomic E-state index is -0.443. The second-order valence-electron chi connectivity index (χ2n) is 6.42. The molecule has 3 rings (SSSR count). The smallest absolute Gasteiger partial charge is 0.310 e. The van der Waals surface area contributed by atoms with E-state index in [4.69, 9.17) is 9.47 Å². The third kappa shape index (κ3) is 4.92. The van der Waals surface area contributed by atoms with Gasteiger partial charge in [0.05, 0.1) is 17.9 Å². The number of halogens is 1. The number of carbonyl (C=O) groups excluding carboxylic acids is 2. The molecule has 1 aliphatic carbocycles. The Kier molecular flexibility index (Phi) is 6.26. The van der Waals surface area contributed by atoms with E-state index in [1.807, 2.05) is 36.4 Å². The van der Waals surface area contributed by atoms with Crippen LogP contribution in [0.4, 0.5) is 5.69 Å². The van der Waals surface area contributed by atoms with Gasteiger partial charge in [-0.2, -0.15) is 0 Å². The maximum atomic E-state index is 12.6. The summed E-state index contributed by atoms with van der Waals surface area (Å²) in [6, 6.07) is 7.38. The van der Waals surface area contributed by atoms with Gasteiger partial charge < -0.3 is 14.8 Å². The van der Waals surface area contributed by atoms with Crippen LogP contribution in [-0.2, 0) is 19.1 Å². The SMILES string of the molecule is O=C(Nc1ccc(Br)cc1)[C@@H]1CC=CC[C@H]1C(=O)OC[C@H]1CCCO1. The molecule has 134 valence electrons. The van der Waals surface area contributed by atoms with Gasteiger partial charge >= 0.3 is 5.97 Å². The van der Waals surface area contributed by atoms with Crippen LogP contribution in [0.15, 0.2) is 40.9 Å². The lowest BCUT2D eigenvalue weighted by atomic mass is 9.82. The molecule has 0 bridgehead atoms. The highest BCUT2D eigenvalue weighted by atomic mass is 79.9. The Balaban J connectivity index is 1.59. The summed E-state index contributed by atoms with van der Waals surface area (Å²) in [6.45, 7) is 1.01. The first-order valence-corrected chi connectivity index (χ1v) is 9.42. The monoisotopic (exact) mass is 407 g/mol. The Labute approximate surface area is 155 Å². The Hall–Kier alpha value is -1.66. The second kappa shape index (κ2) is 8.63. The second-order valence-corrected chi connectivity index (χ2v) is 7.33. The number of carbonyl (C=O) groups is 2. The summed E-state index contributed by atoms with van der Waals surface area (Å²) < 4.78 is 11.9. The summed E-state index contributed by atoms with van der Waals surface area (Å²) in [7, 11) is 0. The van der Waals surface area contributed by atoms with E-state index in [1.54, 1.807) is 0 Å². The number of allylic oxidation sites excluding steroid dienone is 2. The highest BCUT2D eigenvalue weighted by Crippen LogP contribution is 2.29. The van der Waals surface area contributed by atoms with Crippen LogP contribution in [0.5, 0.6) is 0 Å². The topological polar surface area (TPSA) is 64.6 Å². The van der Waals surface area contributed by atoms with Gasteiger partial charge in [0.15, 0.2) is 0 Å². The van der Waals surface area contributed by atoms with E-state index < -0.39 is 11.8 Å². The van der Waals surface area contributed by atoms with Crippen molar-refractivity contribution in [2.75, 3.05) is 18.5 Å². The number of esters is 1. The molecule has 1 saturated heterocycles. The summed E-state index contributed by atoms with van der Waals surface area (Å²) in [5, 5.41) is 2.89. The predicted molar refractivity (Wildman–Crippen MR) is 98.1 cm³/mol. The van der Waals surface area contributed by atoms with Crippen LogP contribution in [0.2, 0.25) is 0 Å². The van der Waals surface area contributed by atoms with Crippen molar-refractivity contribution in [2.45, 2.75) is 31.8 Å². The highest BCUT2D eigenvalue weighted by Gasteiger charge is 2.35. The average molecular weight is 408 g/mol. The molecule has 0 saturated carbocycles. The van der Waals surface area contributed by atoms with Gasteiger partial charge in [0.2, 0.25) is 5.91 Å². The molecule has 0 unspecified atom stereocenters. The van der Waals surface area contributed by atoms with Crippen LogP contribution in [0.25, 0.3) is 0 Å². The summed E-state index contributed by atoms with van der Waals surface area (Å²) in [5.74, 6) is -1.31. The van der Waals surface area contributed by atoms with Crippen LogP contribution in [0.1, 0.15) is 25.7 Å². The predicted octanol–water partition coefficient (Wildman–Crippen LogP) is 3.69. The Morgan fingerprint density at radius 1 is 1.16 bits per heavy atom. The molecule has 0 radical (unpaired) electrons. The van der Waals surface area contributed by atoms with Gasteiger partial charge in [-0.05, 0) is 49.9 Å². The van der Waals surface area contributed by atoms with Gasteiger partial charge in [0.1, 0.15) is 6.61 Å². The molecular formula is C19H22BrNO4. The first kappa shape index (κ1) is 18.1. The van der Waals surface area contributed by atoms with Crippen molar-refractivity contribution in [1.82, 2.24) is 0 Å². The van der Waals surface area contributed by atoms with Gasteiger partial charge in [-0.1, -0.05) is 28.1 Å². The normalized spacial score (nSPS) is 25.6. The molecule has 2 aliphatic rings. The average Bonchev–Trinajstić information content (AvgIpc) is 3.15. The largest absolute Gasteiger partial charge is 0.463 e. The Morgan fingerprint density at radius 3 is 2.56 bits per heavy atom. The summed E-state index contributed by atoms with van der Waals surface area (Å²) in [6.07, 6.45) is 6.90. The minimum Gasteiger partial charge on any atom is -0.463 e. The number of benzene rings is 1. The quantitative estimate of drug-likeness (QED) is 0.596. The summed E-state index contributed by atoms with van der Waals surface area (Å²) >= 11 is 3.37. The van der Waals surface area contributed by atoms with E-state index in [0.29, 0.717) is 18.5 Å². The van der Waals surface area contributed by atoms with Crippen molar-refractivity contribution in [3.63, 3.8) is 0 Å². The number of hydrogen-bond acceptors (Lipinski definition) is 4. The van der Waals surface area contributed by atoms with E-state index in [1.165, 1.54) is 0 Å². The molecule has 3 atom stereocenters. The summed E-state index contributed by atoms with van der Waals surface area (Å²) in [4.78, 5) is 25.1. The van der Waals surface area contributed by atoms with Crippen LogP contribution < -0.4 is 5.32 Å². The lowest BCUT2D eigenvalue weighted by Crippen LogP contribution is -2.36. The molecule has 5 nitrogen and oxygen atoms in total. The number of amides is 1. The molecule has 6 heteroatoms. The van der Waals surface area contributed by atoms with E-state index in [0.717, 1.165) is 23.9 Å². The number of ether oxygens (including phenoxy) is 2. The van der Waals surface area contributed by atoms with Gasteiger partial charge in [-0.15, -0.1) is 0 Å². The lowest BCUT2D eigenvalue weighted by Gasteiger charge is -2.26. The zero-order valence-corrected chi connectivity index (χ0v) is 15.5. The fraction of sp³-hybridized carbons (Fsp3) is 0.474. The van der Waals surface area contributed by atoms with Gasteiger partial charge in [0.25, 0.3) is 0 Å². The van der Waals surface area contributed by atoms with Crippen LogP contribution >= 0.6 is 15.9 Å². The molecule has 1 amide bonds. The minimum absolute atomic E-state index is 0.00174. The molecule has 25 heavy (non-hydrogen) atoms. The van der Waals surface area contributed by atoms with Gasteiger partial charge in [-0.3, -0.25) is 9.59 Å². The molecule has 0 spiro atoms. The maximum Gasteiger partial charge on any atom is 0.310 e. The van der Waals surface area contributed by atoms with Gasteiger partial charge in [0, 0.05) is 16.8 Å². The lowest BCUT2D eigenvalue weighted by molar-refractivity contribution is -0.155. The molecule has 1 aromatic carbocycles. The van der Waals surface area contributed by atoms with Crippen LogP contribution in [0.3, 0.4) is 0 Å². The number of nitrogens with one attached hydrogen (secondary N) is 1. The molecule has 1 N–H and O–H groups in total. The zero-order valence-electron chi connectivity index (χ0n) is 13.9. The molecule has 1 aromatic rings. The van der Waals surface area contributed by atoms with E-state index in [-0.39, 0.29) is 24.6 Å². The van der Waals surface area contributed by atoms with Crippen molar-refractivity contribution in [2.24, 2.45) is 11.8 Å². The third-order valence-corrected chi connectivity index (χ3v) is 5.15. The van der Waals surface area contributed by atoms with E-state index in [2.05, 4.69) is 21.2 Å². The highest BCUT2D eigenvalue weighted by molar-refractivity contribution is 9.10. The molecule has 0 aromatic heterocycles. The fourth-order valence-corrected chi connectivity index (χ4v) is 3.45. The number of anilines is 1. The van der Waals surface area contributed by atoms with Crippen LogP contribution in [0, 0.1) is 11.8 Å². The molecular weight excluding hydrogens is 386 g/mol. The first-order valence-electron chi connectivity index (χ1n) is 8.63. The zero-order chi connectivity index (χ0) is 17.6. The summed E-state index contributed by atoms with van der Waals surface area (Å²) in [5.41, 5.74) is 0.717. The fourth-order valence-electron chi connectivity index (χ4n) is 3.19. The first-order chi connectivity index (χ1) is 12.1. The van der Waals surface area contributed by atoms with Gasteiger partial charge in [-0.25, -0.2) is 0 Å². The molecule has 1 aliphatic heterocycles. The Bertz CT molecular complexity index is 637. The van der Waals surface area contributed by atoms with Crippen molar-refractivity contribution < 1.29 is 19.1 Å². The van der Waals surface area contributed by atoms with E-state index in [9.17, 15) is 9.59 Å². The molecule has 1 fully saturated rings. The third-order valence-electron chi connectivity index (χ3n) is 4.62. The van der Waals surface area contributed by atoms with Crippen molar-refractivity contribution in [3.8, 4) is 0 Å².